The van der Waals surface area contributed by atoms with Gasteiger partial charge in [-0.1, -0.05) is 41.7 Å². The van der Waals surface area contributed by atoms with Crippen molar-refractivity contribution in [2.45, 2.75) is 6.92 Å². The molecule has 2 aromatic carbocycles. The summed E-state index contributed by atoms with van der Waals surface area (Å²) in [5.74, 6) is 0.121. The number of rotatable bonds is 2. The smallest absolute Gasteiger partial charge is 0.253 e. The third kappa shape index (κ3) is 2.76. The minimum Gasteiger partial charge on any atom is -0.345 e. The Hall–Kier alpha value is -2.40. The summed E-state index contributed by atoms with van der Waals surface area (Å²) in [6, 6.07) is 15.8. The summed E-state index contributed by atoms with van der Waals surface area (Å²) in [7, 11) is 0. The number of carbonyl (C=O) groups excluding carboxylic acids is 1. The van der Waals surface area contributed by atoms with Crippen LogP contribution < -0.4 is 4.90 Å². The fourth-order valence-corrected chi connectivity index (χ4v) is 4.17. The Bertz CT molecular complexity index is 867. The van der Waals surface area contributed by atoms with Crippen LogP contribution >= 0.6 is 11.3 Å². The van der Waals surface area contributed by atoms with Crippen molar-refractivity contribution in [1.29, 1.82) is 0 Å². The van der Waals surface area contributed by atoms with Crippen molar-refractivity contribution in [2.24, 2.45) is 0 Å². The largest absolute Gasteiger partial charge is 0.345 e. The molecule has 2 heterocycles. The van der Waals surface area contributed by atoms with E-state index in [9.17, 15) is 4.79 Å². The first kappa shape index (κ1) is 15.1. The molecule has 1 amide bonds. The standard InChI is InChI=1S/C19H19N3OS/c1-14-6-5-9-16-17(14)20-19(24-16)22-12-10-21(11-13-22)18(23)15-7-3-2-4-8-15/h2-9H,10-13H2,1H3. The normalized spacial score (nSPS) is 15.0. The van der Waals surface area contributed by atoms with Crippen LogP contribution in [0.3, 0.4) is 0 Å². The monoisotopic (exact) mass is 337 g/mol. The second-order valence-electron chi connectivity index (χ2n) is 6.06. The molecular formula is C19H19N3OS. The van der Waals surface area contributed by atoms with E-state index in [1.54, 1.807) is 11.3 Å². The highest BCUT2D eigenvalue weighted by atomic mass is 32.1. The maximum Gasteiger partial charge on any atom is 0.253 e. The van der Waals surface area contributed by atoms with E-state index in [2.05, 4.69) is 30.0 Å². The predicted molar refractivity (Wildman–Crippen MR) is 98.9 cm³/mol. The van der Waals surface area contributed by atoms with Crippen LogP contribution in [-0.2, 0) is 0 Å². The first-order valence-corrected chi connectivity index (χ1v) is 8.99. The zero-order valence-corrected chi connectivity index (χ0v) is 14.4. The predicted octanol–water partition coefficient (Wildman–Crippen LogP) is 3.57. The molecule has 0 bridgehead atoms. The zero-order valence-electron chi connectivity index (χ0n) is 13.6. The molecule has 5 heteroatoms. The molecule has 3 aromatic rings. The number of nitrogens with zero attached hydrogens (tertiary/aromatic N) is 3. The Balaban J connectivity index is 1.47. The minimum atomic E-state index is 0.121. The summed E-state index contributed by atoms with van der Waals surface area (Å²) in [6.07, 6.45) is 0. The van der Waals surface area contributed by atoms with E-state index in [0.29, 0.717) is 0 Å². The van der Waals surface area contributed by atoms with Crippen molar-refractivity contribution in [2.75, 3.05) is 31.1 Å². The SMILES string of the molecule is Cc1cccc2sc(N3CCN(C(=O)c4ccccc4)CC3)nc12. The molecule has 0 atom stereocenters. The van der Waals surface area contributed by atoms with Crippen LogP contribution in [0, 0.1) is 6.92 Å². The lowest BCUT2D eigenvalue weighted by atomic mass is 10.2. The molecule has 0 aliphatic carbocycles. The van der Waals surface area contributed by atoms with Gasteiger partial charge in [0, 0.05) is 31.7 Å². The van der Waals surface area contributed by atoms with Crippen molar-refractivity contribution in [3.05, 3.63) is 59.7 Å². The molecule has 0 unspecified atom stereocenters. The van der Waals surface area contributed by atoms with Crippen molar-refractivity contribution < 1.29 is 4.79 Å². The molecule has 0 saturated carbocycles. The number of aryl methyl sites for hydroxylation is 1. The van der Waals surface area contributed by atoms with E-state index in [1.807, 2.05) is 35.2 Å². The molecule has 0 radical (unpaired) electrons. The van der Waals surface area contributed by atoms with Crippen LogP contribution in [0.15, 0.2) is 48.5 Å². The van der Waals surface area contributed by atoms with Gasteiger partial charge in [-0.15, -0.1) is 0 Å². The molecule has 4 rings (SSSR count). The van der Waals surface area contributed by atoms with Gasteiger partial charge in [-0.2, -0.15) is 0 Å². The highest BCUT2D eigenvalue weighted by Crippen LogP contribution is 2.31. The quantitative estimate of drug-likeness (QED) is 0.717. The number of benzene rings is 2. The summed E-state index contributed by atoms with van der Waals surface area (Å²) in [4.78, 5) is 21.6. The Morgan fingerprint density at radius 2 is 1.75 bits per heavy atom. The van der Waals surface area contributed by atoms with E-state index in [1.165, 1.54) is 10.3 Å². The maximum atomic E-state index is 12.5. The molecule has 1 fully saturated rings. The van der Waals surface area contributed by atoms with Crippen molar-refractivity contribution >= 4 is 32.6 Å². The van der Waals surface area contributed by atoms with E-state index in [4.69, 9.17) is 4.98 Å². The van der Waals surface area contributed by atoms with Crippen LogP contribution in [0.5, 0.6) is 0 Å². The molecular weight excluding hydrogens is 318 g/mol. The summed E-state index contributed by atoms with van der Waals surface area (Å²) in [6.45, 7) is 5.24. The Morgan fingerprint density at radius 3 is 2.46 bits per heavy atom. The molecule has 0 N–H and O–H groups in total. The van der Waals surface area contributed by atoms with Crippen LogP contribution in [0.2, 0.25) is 0 Å². The maximum absolute atomic E-state index is 12.5. The van der Waals surface area contributed by atoms with E-state index in [0.717, 1.165) is 42.4 Å². The highest BCUT2D eigenvalue weighted by molar-refractivity contribution is 7.22. The summed E-state index contributed by atoms with van der Waals surface area (Å²) in [5, 5.41) is 1.06. The van der Waals surface area contributed by atoms with Crippen LogP contribution in [0.4, 0.5) is 5.13 Å². The summed E-state index contributed by atoms with van der Waals surface area (Å²) >= 11 is 1.74. The van der Waals surface area contributed by atoms with E-state index < -0.39 is 0 Å². The van der Waals surface area contributed by atoms with Gasteiger partial charge in [0.2, 0.25) is 0 Å². The lowest BCUT2D eigenvalue weighted by Crippen LogP contribution is -2.48. The Labute approximate surface area is 145 Å². The topological polar surface area (TPSA) is 36.4 Å². The molecule has 24 heavy (non-hydrogen) atoms. The highest BCUT2D eigenvalue weighted by Gasteiger charge is 2.23. The number of para-hydroxylation sites is 1. The van der Waals surface area contributed by atoms with Crippen molar-refractivity contribution in [3.8, 4) is 0 Å². The molecule has 1 aliphatic rings. The van der Waals surface area contributed by atoms with Crippen molar-refractivity contribution in [3.63, 3.8) is 0 Å². The number of carbonyl (C=O) groups is 1. The summed E-state index contributed by atoms with van der Waals surface area (Å²) < 4.78 is 1.23. The average Bonchev–Trinajstić information content (AvgIpc) is 3.08. The fourth-order valence-electron chi connectivity index (χ4n) is 3.07. The summed E-state index contributed by atoms with van der Waals surface area (Å²) in [5.41, 5.74) is 3.08. The van der Waals surface area contributed by atoms with Gasteiger partial charge in [0.25, 0.3) is 5.91 Å². The van der Waals surface area contributed by atoms with Gasteiger partial charge in [0.05, 0.1) is 10.2 Å². The number of aromatic nitrogens is 1. The third-order valence-corrected chi connectivity index (χ3v) is 5.55. The first-order valence-electron chi connectivity index (χ1n) is 8.18. The van der Waals surface area contributed by atoms with Crippen molar-refractivity contribution in [1.82, 2.24) is 9.88 Å². The van der Waals surface area contributed by atoms with E-state index >= 15 is 0 Å². The second kappa shape index (κ2) is 6.24. The van der Waals surface area contributed by atoms with Gasteiger partial charge in [0.15, 0.2) is 5.13 Å². The van der Waals surface area contributed by atoms with Gasteiger partial charge < -0.3 is 9.80 Å². The van der Waals surface area contributed by atoms with Gasteiger partial charge in [0.1, 0.15) is 0 Å². The Morgan fingerprint density at radius 1 is 1.00 bits per heavy atom. The average molecular weight is 337 g/mol. The van der Waals surface area contributed by atoms with Gasteiger partial charge in [-0.3, -0.25) is 4.79 Å². The van der Waals surface area contributed by atoms with Crippen LogP contribution in [0.25, 0.3) is 10.2 Å². The number of hydrogen-bond acceptors (Lipinski definition) is 4. The number of anilines is 1. The van der Waals surface area contributed by atoms with Gasteiger partial charge in [-0.25, -0.2) is 4.98 Å². The molecule has 1 aliphatic heterocycles. The minimum absolute atomic E-state index is 0.121. The number of hydrogen-bond donors (Lipinski definition) is 0. The van der Waals surface area contributed by atoms with Gasteiger partial charge >= 0.3 is 0 Å². The molecule has 4 nitrogen and oxygen atoms in total. The second-order valence-corrected chi connectivity index (χ2v) is 7.07. The number of fused-ring (bicyclic) bond motifs is 1. The first-order chi connectivity index (χ1) is 11.7. The fraction of sp³-hybridized carbons (Fsp3) is 0.263. The molecule has 1 aromatic heterocycles. The lowest BCUT2D eigenvalue weighted by Gasteiger charge is -2.34. The molecule has 122 valence electrons. The Kier molecular flexibility index (Phi) is 3.94. The zero-order chi connectivity index (χ0) is 16.5. The third-order valence-electron chi connectivity index (χ3n) is 4.47. The molecule has 1 saturated heterocycles. The number of thiazole rings is 1. The lowest BCUT2D eigenvalue weighted by molar-refractivity contribution is 0.0747. The van der Waals surface area contributed by atoms with Crippen LogP contribution in [0.1, 0.15) is 15.9 Å². The molecule has 0 spiro atoms. The van der Waals surface area contributed by atoms with E-state index in [-0.39, 0.29) is 5.91 Å². The van der Waals surface area contributed by atoms with Crippen LogP contribution in [-0.4, -0.2) is 42.0 Å². The number of piperazine rings is 1. The number of amides is 1. The van der Waals surface area contributed by atoms with Gasteiger partial charge in [-0.05, 0) is 30.7 Å².